The second-order valence-corrected chi connectivity index (χ2v) is 7.33. The molecular formula is C20H31N. The predicted octanol–water partition coefficient (Wildman–Crippen LogP) is 4.38. The highest BCUT2D eigenvalue weighted by molar-refractivity contribution is 5.35. The van der Waals surface area contributed by atoms with E-state index in [2.05, 4.69) is 37.5 Å². The average molecular weight is 285 g/mol. The molecule has 0 radical (unpaired) electrons. The number of hydrogen-bond donors (Lipinski definition) is 1. The minimum absolute atomic E-state index is 0.881. The molecule has 3 atom stereocenters. The number of benzene rings is 1. The highest BCUT2D eigenvalue weighted by Gasteiger charge is 2.29. The maximum absolute atomic E-state index is 3.43. The van der Waals surface area contributed by atoms with Crippen molar-refractivity contribution in [2.24, 2.45) is 17.8 Å². The van der Waals surface area contributed by atoms with Crippen LogP contribution in [0.1, 0.15) is 55.7 Å². The van der Waals surface area contributed by atoms with Gasteiger partial charge in [0.05, 0.1) is 0 Å². The summed E-state index contributed by atoms with van der Waals surface area (Å²) in [5.74, 6) is 2.74. The van der Waals surface area contributed by atoms with E-state index in [9.17, 15) is 0 Å². The van der Waals surface area contributed by atoms with Gasteiger partial charge in [0.25, 0.3) is 0 Å². The lowest BCUT2D eigenvalue weighted by Gasteiger charge is -2.36. The SMILES string of the molecule is CCC1CCC(CNC)C(Cc2ccc3c(c2)CCC3)C1. The summed E-state index contributed by atoms with van der Waals surface area (Å²) in [6.07, 6.45) is 11.0. The van der Waals surface area contributed by atoms with Crippen LogP contribution in [-0.4, -0.2) is 13.6 Å². The molecule has 0 spiro atoms. The standard InChI is InChI=1S/C20H31N/c1-3-15-7-10-19(14-21-2)20(11-15)13-16-8-9-17-5-4-6-18(17)12-16/h8-9,12,15,19-21H,3-7,10-11,13-14H2,1-2H3. The lowest BCUT2D eigenvalue weighted by molar-refractivity contribution is 0.173. The first-order valence-corrected chi connectivity index (χ1v) is 9.05. The van der Waals surface area contributed by atoms with E-state index in [1.165, 1.54) is 57.9 Å². The molecule has 2 aliphatic carbocycles. The van der Waals surface area contributed by atoms with Gasteiger partial charge in [-0.25, -0.2) is 0 Å². The maximum atomic E-state index is 3.43. The first-order chi connectivity index (χ1) is 10.3. The van der Waals surface area contributed by atoms with Crippen molar-refractivity contribution >= 4 is 0 Å². The fourth-order valence-electron chi connectivity index (χ4n) is 4.63. The molecule has 1 heteroatoms. The Labute approximate surface area is 130 Å². The molecule has 0 bridgehead atoms. The zero-order valence-electron chi connectivity index (χ0n) is 13.8. The van der Waals surface area contributed by atoms with Gasteiger partial charge in [-0.3, -0.25) is 0 Å². The molecule has 1 fully saturated rings. The minimum Gasteiger partial charge on any atom is -0.319 e. The Hall–Kier alpha value is -0.820. The average Bonchev–Trinajstić information content (AvgIpc) is 2.97. The predicted molar refractivity (Wildman–Crippen MR) is 90.7 cm³/mol. The van der Waals surface area contributed by atoms with Gasteiger partial charge in [-0.1, -0.05) is 38.0 Å². The molecule has 0 amide bonds. The second-order valence-electron chi connectivity index (χ2n) is 7.33. The van der Waals surface area contributed by atoms with Crippen LogP contribution in [0, 0.1) is 17.8 Å². The lowest BCUT2D eigenvalue weighted by atomic mass is 9.71. The fourth-order valence-corrected chi connectivity index (χ4v) is 4.63. The van der Waals surface area contributed by atoms with Crippen molar-refractivity contribution in [1.82, 2.24) is 5.32 Å². The molecular weight excluding hydrogens is 254 g/mol. The molecule has 116 valence electrons. The molecule has 0 aromatic heterocycles. The third kappa shape index (κ3) is 3.51. The van der Waals surface area contributed by atoms with Gasteiger partial charge in [-0.15, -0.1) is 0 Å². The Bertz CT molecular complexity index is 465. The molecule has 1 aromatic carbocycles. The van der Waals surface area contributed by atoms with Crippen LogP contribution in [0.2, 0.25) is 0 Å². The molecule has 1 nitrogen and oxygen atoms in total. The quantitative estimate of drug-likeness (QED) is 0.846. The van der Waals surface area contributed by atoms with Crippen molar-refractivity contribution in [2.45, 2.75) is 58.3 Å². The van der Waals surface area contributed by atoms with Gasteiger partial charge in [-0.05, 0) is 86.6 Å². The van der Waals surface area contributed by atoms with E-state index in [0.29, 0.717) is 0 Å². The van der Waals surface area contributed by atoms with Crippen molar-refractivity contribution in [3.8, 4) is 0 Å². The zero-order valence-corrected chi connectivity index (χ0v) is 13.8. The van der Waals surface area contributed by atoms with E-state index in [1.807, 2.05) is 0 Å². The van der Waals surface area contributed by atoms with E-state index in [1.54, 1.807) is 16.7 Å². The summed E-state index contributed by atoms with van der Waals surface area (Å²) in [7, 11) is 2.11. The molecule has 1 aromatic rings. The summed E-state index contributed by atoms with van der Waals surface area (Å²) in [5.41, 5.74) is 4.85. The number of hydrogen-bond acceptors (Lipinski definition) is 1. The molecule has 21 heavy (non-hydrogen) atoms. The first-order valence-electron chi connectivity index (χ1n) is 9.05. The molecule has 3 unspecified atom stereocenters. The second kappa shape index (κ2) is 6.96. The molecule has 3 rings (SSSR count). The molecule has 0 saturated heterocycles. The van der Waals surface area contributed by atoms with Crippen LogP contribution in [0.4, 0.5) is 0 Å². The highest BCUT2D eigenvalue weighted by Crippen LogP contribution is 2.37. The van der Waals surface area contributed by atoms with Crippen LogP contribution in [0.5, 0.6) is 0 Å². The van der Waals surface area contributed by atoms with Gasteiger partial charge in [0.2, 0.25) is 0 Å². The van der Waals surface area contributed by atoms with Crippen LogP contribution in [-0.2, 0) is 19.3 Å². The van der Waals surface area contributed by atoms with Crippen molar-refractivity contribution in [1.29, 1.82) is 0 Å². The monoisotopic (exact) mass is 285 g/mol. The summed E-state index contributed by atoms with van der Waals surface area (Å²) in [4.78, 5) is 0. The summed E-state index contributed by atoms with van der Waals surface area (Å²) in [6.45, 7) is 3.57. The fraction of sp³-hybridized carbons (Fsp3) is 0.700. The molecule has 0 aliphatic heterocycles. The number of aryl methyl sites for hydroxylation is 2. The van der Waals surface area contributed by atoms with Gasteiger partial charge < -0.3 is 5.32 Å². The van der Waals surface area contributed by atoms with E-state index in [-0.39, 0.29) is 0 Å². The van der Waals surface area contributed by atoms with E-state index in [4.69, 9.17) is 0 Å². The Balaban J connectivity index is 1.70. The van der Waals surface area contributed by atoms with Crippen LogP contribution >= 0.6 is 0 Å². The number of nitrogens with one attached hydrogen (secondary N) is 1. The number of rotatable bonds is 5. The molecule has 2 aliphatic rings. The Kier molecular flexibility index (Phi) is 5.00. The normalized spacial score (nSPS) is 28.6. The maximum Gasteiger partial charge on any atom is -0.00208 e. The van der Waals surface area contributed by atoms with Crippen molar-refractivity contribution in [2.75, 3.05) is 13.6 Å². The summed E-state index contributed by atoms with van der Waals surface area (Å²) in [6, 6.07) is 7.34. The Morgan fingerprint density at radius 2 is 1.95 bits per heavy atom. The molecule has 1 saturated carbocycles. The van der Waals surface area contributed by atoms with Gasteiger partial charge in [0.1, 0.15) is 0 Å². The summed E-state index contributed by atoms with van der Waals surface area (Å²) in [5, 5.41) is 3.43. The van der Waals surface area contributed by atoms with Crippen molar-refractivity contribution in [3.63, 3.8) is 0 Å². The molecule has 1 N–H and O–H groups in total. The van der Waals surface area contributed by atoms with Crippen molar-refractivity contribution < 1.29 is 0 Å². The third-order valence-electron chi connectivity index (χ3n) is 5.95. The highest BCUT2D eigenvalue weighted by atomic mass is 14.8. The van der Waals surface area contributed by atoms with E-state index in [0.717, 1.165) is 17.8 Å². The van der Waals surface area contributed by atoms with Gasteiger partial charge >= 0.3 is 0 Å². The summed E-state index contributed by atoms with van der Waals surface area (Å²) < 4.78 is 0. The van der Waals surface area contributed by atoms with E-state index >= 15 is 0 Å². The van der Waals surface area contributed by atoms with Gasteiger partial charge in [0, 0.05) is 0 Å². The van der Waals surface area contributed by atoms with Gasteiger partial charge in [-0.2, -0.15) is 0 Å². The Morgan fingerprint density at radius 3 is 2.76 bits per heavy atom. The zero-order chi connectivity index (χ0) is 14.7. The van der Waals surface area contributed by atoms with Crippen LogP contribution in [0.3, 0.4) is 0 Å². The Morgan fingerprint density at radius 1 is 1.10 bits per heavy atom. The first kappa shape index (κ1) is 15.1. The summed E-state index contributed by atoms with van der Waals surface area (Å²) >= 11 is 0. The van der Waals surface area contributed by atoms with Crippen LogP contribution < -0.4 is 5.32 Å². The molecule has 0 heterocycles. The smallest absolute Gasteiger partial charge is 0.00208 e. The minimum atomic E-state index is 0.881. The van der Waals surface area contributed by atoms with E-state index < -0.39 is 0 Å². The van der Waals surface area contributed by atoms with Crippen LogP contribution in [0.25, 0.3) is 0 Å². The lowest BCUT2D eigenvalue weighted by Crippen LogP contribution is -2.33. The van der Waals surface area contributed by atoms with Gasteiger partial charge in [0.15, 0.2) is 0 Å². The topological polar surface area (TPSA) is 12.0 Å². The van der Waals surface area contributed by atoms with Crippen LogP contribution in [0.15, 0.2) is 18.2 Å². The number of fused-ring (bicyclic) bond motifs is 1. The van der Waals surface area contributed by atoms with Crippen molar-refractivity contribution in [3.05, 3.63) is 34.9 Å². The largest absolute Gasteiger partial charge is 0.319 e. The third-order valence-corrected chi connectivity index (χ3v) is 5.95.